The molecule has 5 nitrogen and oxygen atoms in total. The Kier molecular flexibility index (Phi) is 4.76. The van der Waals surface area contributed by atoms with Crippen molar-refractivity contribution in [2.75, 3.05) is 19.7 Å². The third-order valence-corrected chi connectivity index (χ3v) is 6.21. The Labute approximate surface area is 144 Å². The van der Waals surface area contributed by atoms with E-state index in [-0.39, 0.29) is 23.5 Å². The first-order chi connectivity index (χ1) is 11.4. The number of aromatic nitrogens is 1. The lowest BCUT2D eigenvalue weighted by molar-refractivity contribution is -0.207. The van der Waals surface area contributed by atoms with Crippen molar-refractivity contribution in [3.8, 4) is 0 Å². The lowest BCUT2D eigenvalue weighted by atomic mass is 9.58. The van der Waals surface area contributed by atoms with Gasteiger partial charge in [0, 0.05) is 49.5 Å². The van der Waals surface area contributed by atoms with Crippen LogP contribution in [0.5, 0.6) is 0 Å². The first-order valence-electron chi connectivity index (χ1n) is 9.20. The van der Waals surface area contributed by atoms with E-state index in [1.807, 2.05) is 24.8 Å². The molecule has 0 aromatic carbocycles. The van der Waals surface area contributed by atoms with Gasteiger partial charge in [-0.3, -0.25) is 4.79 Å². The molecular formula is C19H30N2O3. The summed E-state index contributed by atoms with van der Waals surface area (Å²) in [7, 11) is 0. The molecule has 1 spiro atoms. The van der Waals surface area contributed by atoms with Crippen molar-refractivity contribution in [3.63, 3.8) is 0 Å². The Morgan fingerprint density at radius 2 is 2.00 bits per heavy atom. The third kappa shape index (κ3) is 2.58. The Hall–Kier alpha value is -1.33. The highest BCUT2D eigenvalue weighted by Gasteiger charge is 2.56. The molecular weight excluding hydrogens is 304 g/mol. The largest absolute Gasteiger partial charge is 0.392 e. The van der Waals surface area contributed by atoms with Crippen molar-refractivity contribution in [1.82, 2.24) is 9.47 Å². The fourth-order valence-electron chi connectivity index (χ4n) is 4.62. The van der Waals surface area contributed by atoms with Gasteiger partial charge in [0.05, 0.1) is 17.8 Å². The molecule has 3 rings (SSSR count). The standard InChI is InChI=1S/C19H30N2O3/c1-5-21-13(3)11-15(14(21)4)18(23)20-9-7-19(8-10-20)16(22)12-17(19)24-6-2/h11,16-17,22H,5-10,12H2,1-4H3/t16-,17+/m1/s1. The van der Waals surface area contributed by atoms with Crippen LogP contribution < -0.4 is 0 Å². The molecule has 1 aliphatic heterocycles. The Morgan fingerprint density at radius 1 is 1.33 bits per heavy atom. The first kappa shape index (κ1) is 17.5. The van der Waals surface area contributed by atoms with Gasteiger partial charge in [0.25, 0.3) is 5.91 Å². The van der Waals surface area contributed by atoms with Crippen LogP contribution in [0.4, 0.5) is 0 Å². The van der Waals surface area contributed by atoms with Crippen LogP contribution >= 0.6 is 0 Å². The summed E-state index contributed by atoms with van der Waals surface area (Å²) in [5.41, 5.74) is 2.88. The van der Waals surface area contributed by atoms with Crippen LogP contribution in [-0.2, 0) is 11.3 Å². The van der Waals surface area contributed by atoms with E-state index >= 15 is 0 Å². The lowest BCUT2D eigenvalue weighted by Gasteiger charge is -2.56. The molecule has 24 heavy (non-hydrogen) atoms. The molecule has 134 valence electrons. The minimum Gasteiger partial charge on any atom is -0.392 e. The van der Waals surface area contributed by atoms with Crippen molar-refractivity contribution >= 4 is 5.91 Å². The van der Waals surface area contributed by atoms with Crippen molar-refractivity contribution < 1.29 is 14.6 Å². The van der Waals surface area contributed by atoms with Gasteiger partial charge >= 0.3 is 0 Å². The number of ether oxygens (including phenoxy) is 1. The number of carbonyl (C=O) groups is 1. The van der Waals surface area contributed by atoms with Gasteiger partial charge in [0.15, 0.2) is 0 Å². The molecule has 1 aliphatic carbocycles. The fraction of sp³-hybridized carbons (Fsp3) is 0.737. The summed E-state index contributed by atoms with van der Waals surface area (Å²) >= 11 is 0. The molecule has 1 amide bonds. The van der Waals surface area contributed by atoms with Gasteiger partial charge in [0.2, 0.25) is 0 Å². The molecule has 5 heteroatoms. The number of nitrogens with zero attached hydrogens (tertiary/aromatic N) is 2. The number of piperidine rings is 1. The van der Waals surface area contributed by atoms with Crippen LogP contribution in [0.25, 0.3) is 0 Å². The van der Waals surface area contributed by atoms with E-state index < -0.39 is 0 Å². The fourth-order valence-corrected chi connectivity index (χ4v) is 4.62. The van der Waals surface area contributed by atoms with E-state index in [1.54, 1.807) is 0 Å². The number of likely N-dealkylation sites (tertiary alicyclic amines) is 1. The molecule has 2 atom stereocenters. The van der Waals surface area contributed by atoms with E-state index in [1.165, 1.54) is 0 Å². The number of hydrogen-bond donors (Lipinski definition) is 1. The summed E-state index contributed by atoms with van der Waals surface area (Å²) < 4.78 is 7.99. The quantitative estimate of drug-likeness (QED) is 0.920. The molecule has 1 N–H and O–H groups in total. The average Bonchev–Trinajstić information content (AvgIpc) is 2.88. The number of hydrogen-bond acceptors (Lipinski definition) is 3. The van der Waals surface area contributed by atoms with Crippen LogP contribution in [0.1, 0.15) is 54.9 Å². The van der Waals surface area contributed by atoms with Crippen molar-refractivity contribution in [2.24, 2.45) is 5.41 Å². The Morgan fingerprint density at radius 3 is 2.50 bits per heavy atom. The van der Waals surface area contributed by atoms with Gasteiger partial charge in [-0.2, -0.15) is 0 Å². The maximum atomic E-state index is 12.9. The predicted octanol–water partition coefficient (Wildman–Crippen LogP) is 2.52. The summed E-state index contributed by atoms with van der Waals surface area (Å²) in [6.45, 7) is 11.2. The van der Waals surface area contributed by atoms with Crippen LogP contribution in [0.2, 0.25) is 0 Å². The zero-order valence-electron chi connectivity index (χ0n) is 15.3. The van der Waals surface area contributed by atoms with Crippen molar-refractivity contribution in [3.05, 3.63) is 23.0 Å². The smallest absolute Gasteiger partial charge is 0.255 e. The number of carbonyl (C=O) groups excluding carboxylic acids is 1. The second kappa shape index (κ2) is 6.52. The molecule has 2 fully saturated rings. The minimum absolute atomic E-state index is 0.124. The maximum absolute atomic E-state index is 12.9. The van der Waals surface area contributed by atoms with Gasteiger partial charge in [-0.15, -0.1) is 0 Å². The van der Waals surface area contributed by atoms with Gasteiger partial charge in [-0.05, 0) is 46.6 Å². The van der Waals surface area contributed by atoms with Gasteiger partial charge < -0.3 is 19.3 Å². The van der Waals surface area contributed by atoms with E-state index in [2.05, 4.69) is 18.4 Å². The van der Waals surface area contributed by atoms with E-state index in [4.69, 9.17) is 4.74 Å². The summed E-state index contributed by atoms with van der Waals surface area (Å²) in [4.78, 5) is 14.9. The molecule has 0 unspecified atom stereocenters. The second-order valence-electron chi connectivity index (χ2n) is 7.25. The molecule has 0 radical (unpaired) electrons. The zero-order chi connectivity index (χ0) is 17.5. The number of amides is 1. The van der Waals surface area contributed by atoms with Gasteiger partial charge in [-0.1, -0.05) is 0 Å². The molecule has 2 aliphatic rings. The number of aliphatic hydroxyl groups excluding tert-OH is 1. The van der Waals surface area contributed by atoms with Gasteiger partial charge in [-0.25, -0.2) is 0 Å². The summed E-state index contributed by atoms with van der Waals surface area (Å²) in [5.74, 6) is 0.124. The van der Waals surface area contributed by atoms with Gasteiger partial charge in [0.1, 0.15) is 0 Å². The number of aliphatic hydroxyl groups is 1. The average molecular weight is 334 g/mol. The highest BCUT2D eigenvalue weighted by molar-refractivity contribution is 5.95. The summed E-state index contributed by atoms with van der Waals surface area (Å²) in [6.07, 6.45) is 2.27. The topological polar surface area (TPSA) is 54.7 Å². The SMILES string of the molecule is CCO[C@H]1C[C@@H](O)C12CCN(C(=O)c1cc(C)n(CC)c1C)CC2. The van der Waals surface area contributed by atoms with Crippen molar-refractivity contribution in [1.29, 1.82) is 0 Å². The van der Waals surface area contributed by atoms with Crippen molar-refractivity contribution in [2.45, 2.75) is 65.7 Å². The second-order valence-corrected chi connectivity index (χ2v) is 7.25. The maximum Gasteiger partial charge on any atom is 0.255 e. The van der Waals surface area contributed by atoms with Crippen LogP contribution in [0.3, 0.4) is 0 Å². The normalized spacial score (nSPS) is 25.8. The van der Waals surface area contributed by atoms with E-state index in [9.17, 15) is 9.90 Å². The highest BCUT2D eigenvalue weighted by atomic mass is 16.5. The summed E-state index contributed by atoms with van der Waals surface area (Å²) in [6, 6.07) is 2.01. The van der Waals surface area contributed by atoms with Crippen LogP contribution in [0.15, 0.2) is 6.07 Å². The molecule has 1 saturated heterocycles. The van der Waals surface area contributed by atoms with Crippen LogP contribution in [-0.4, -0.2) is 52.4 Å². The molecule has 2 heterocycles. The third-order valence-electron chi connectivity index (χ3n) is 6.21. The minimum atomic E-state index is -0.281. The zero-order valence-corrected chi connectivity index (χ0v) is 15.3. The Balaban J connectivity index is 1.70. The monoisotopic (exact) mass is 334 g/mol. The Bertz CT molecular complexity index is 612. The highest BCUT2D eigenvalue weighted by Crippen LogP contribution is 2.51. The lowest BCUT2D eigenvalue weighted by Crippen LogP contribution is -2.62. The molecule has 0 bridgehead atoms. The number of rotatable bonds is 4. The molecule has 1 saturated carbocycles. The molecule has 1 aromatic heterocycles. The number of aryl methyl sites for hydroxylation is 1. The molecule has 1 aromatic rings. The van der Waals surface area contributed by atoms with E-state index in [0.717, 1.165) is 42.8 Å². The first-order valence-corrected chi connectivity index (χ1v) is 9.20. The predicted molar refractivity (Wildman–Crippen MR) is 93.2 cm³/mol. The summed E-state index contributed by atoms with van der Waals surface area (Å²) in [5, 5.41) is 10.3. The van der Waals surface area contributed by atoms with E-state index in [0.29, 0.717) is 19.7 Å². The van der Waals surface area contributed by atoms with Crippen LogP contribution in [0, 0.1) is 19.3 Å².